The Hall–Kier alpha value is -1.09. The maximum absolute atomic E-state index is 13.8. The molecule has 1 aliphatic rings. The van der Waals surface area contributed by atoms with E-state index in [1.165, 1.54) is 6.42 Å². The van der Waals surface area contributed by atoms with Gasteiger partial charge in [-0.1, -0.05) is 13.8 Å². The number of anilines is 1. The number of rotatable bonds is 2. The van der Waals surface area contributed by atoms with Gasteiger partial charge in [-0.25, -0.2) is 4.39 Å². The third-order valence-electron chi connectivity index (χ3n) is 4.47. The minimum absolute atomic E-state index is 0.139. The minimum atomic E-state index is -0.158. The zero-order valence-corrected chi connectivity index (χ0v) is 12.4. The molecule has 0 saturated carbocycles. The van der Waals surface area contributed by atoms with Crippen molar-refractivity contribution in [3.05, 3.63) is 29.1 Å². The van der Waals surface area contributed by atoms with Crippen LogP contribution in [-0.4, -0.2) is 13.1 Å². The first-order valence-electron chi connectivity index (χ1n) is 7.20. The monoisotopic (exact) mass is 264 g/mol. The number of nitrogens with zero attached hydrogens (tertiary/aromatic N) is 1. The first-order valence-corrected chi connectivity index (χ1v) is 7.20. The second-order valence-electron chi connectivity index (χ2n) is 6.14. The Balaban J connectivity index is 2.35. The van der Waals surface area contributed by atoms with E-state index in [4.69, 9.17) is 5.73 Å². The molecule has 1 saturated heterocycles. The second-order valence-corrected chi connectivity index (χ2v) is 6.14. The van der Waals surface area contributed by atoms with Gasteiger partial charge in [0.25, 0.3) is 0 Å². The third-order valence-corrected chi connectivity index (χ3v) is 4.47. The summed E-state index contributed by atoms with van der Waals surface area (Å²) >= 11 is 0. The quantitative estimate of drug-likeness (QED) is 0.883. The van der Waals surface area contributed by atoms with Crippen molar-refractivity contribution in [2.75, 3.05) is 18.0 Å². The lowest BCUT2D eigenvalue weighted by Gasteiger charge is -2.38. The fourth-order valence-electron chi connectivity index (χ4n) is 2.80. The van der Waals surface area contributed by atoms with E-state index in [1.54, 1.807) is 6.07 Å². The fourth-order valence-corrected chi connectivity index (χ4v) is 2.80. The van der Waals surface area contributed by atoms with E-state index in [0.29, 0.717) is 11.5 Å². The molecule has 0 amide bonds. The number of aryl methyl sites for hydroxylation is 1. The predicted octanol–water partition coefficient (Wildman–Crippen LogP) is 3.64. The molecular formula is C16H25FN2. The van der Waals surface area contributed by atoms with E-state index >= 15 is 0 Å². The summed E-state index contributed by atoms with van der Waals surface area (Å²) in [7, 11) is 0. The van der Waals surface area contributed by atoms with Crippen molar-refractivity contribution >= 4 is 5.69 Å². The zero-order chi connectivity index (χ0) is 14.2. The van der Waals surface area contributed by atoms with Crippen molar-refractivity contribution in [3.63, 3.8) is 0 Å². The van der Waals surface area contributed by atoms with Gasteiger partial charge < -0.3 is 10.6 Å². The lowest BCUT2D eigenvalue weighted by Crippen LogP contribution is -2.39. The standard InChI is InChI=1S/C16H25FN2/c1-10-5-6-19(9-12(10)3)16-7-11(2)15(17)8-14(16)13(4)18/h7-8,10,12-13H,5-6,9,18H2,1-4H3/t10?,12?,13-/m0/s1. The maximum atomic E-state index is 13.8. The normalized spacial score (nSPS) is 25.5. The van der Waals surface area contributed by atoms with E-state index in [0.717, 1.165) is 30.3 Å². The summed E-state index contributed by atoms with van der Waals surface area (Å²) in [4.78, 5) is 2.37. The average molecular weight is 264 g/mol. The highest BCUT2D eigenvalue weighted by Crippen LogP contribution is 2.33. The van der Waals surface area contributed by atoms with Gasteiger partial charge in [0.15, 0.2) is 0 Å². The Morgan fingerprint density at radius 2 is 2.00 bits per heavy atom. The summed E-state index contributed by atoms with van der Waals surface area (Å²) < 4.78 is 13.8. The van der Waals surface area contributed by atoms with Crippen molar-refractivity contribution in [1.29, 1.82) is 0 Å². The van der Waals surface area contributed by atoms with Crippen LogP contribution in [0.3, 0.4) is 0 Å². The van der Waals surface area contributed by atoms with Crippen LogP contribution in [0.5, 0.6) is 0 Å². The van der Waals surface area contributed by atoms with Gasteiger partial charge in [0.2, 0.25) is 0 Å². The van der Waals surface area contributed by atoms with Crippen LogP contribution in [0.4, 0.5) is 10.1 Å². The number of halogens is 1. The highest BCUT2D eigenvalue weighted by Gasteiger charge is 2.25. The van der Waals surface area contributed by atoms with E-state index in [2.05, 4.69) is 18.7 Å². The SMILES string of the molecule is Cc1cc(N2CCC(C)C(C)C2)c([C@H](C)N)cc1F. The van der Waals surface area contributed by atoms with Crippen LogP contribution in [0.1, 0.15) is 44.4 Å². The molecule has 0 bridgehead atoms. The lowest BCUT2D eigenvalue weighted by molar-refractivity contribution is 0.323. The van der Waals surface area contributed by atoms with E-state index in [-0.39, 0.29) is 11.9 Å². The van der Waals surface area contributed by atoms with Crippen LogP contribution in [0.25, 0.3) is 0 Å². The largest absolute Gasteiger partial charge is 0.371 e. The molecule has 2 unspecified atom stereocenters. The van der Waals surface area contributed by atoms with Gasteiger partial charge in [-0.15, -0.1) is 0 Å². The molecule has 1 aromatic carbocycles. The molecule has 1 aromatic rings. The summed E-state index contributed by atoms with van der Waals surface area (Å²) in [6, 6.07) is 3.43. The van der Waals surface area contributed by atoms with Gasteiger partial charge in [0, 0.05) is 24.8 Å². The number of hydrogen-bond acceptors (Lipinski definition) is 2. The fraction of sp³-hybridized carbons (Fsp3) is 0.625. The molecule has 2 nitrogen and oxygen atoms in total. The van der Waals surface area contributed by atoms with Crippen molar-refractivity contribution in [2.24, 2.45) is 17.6 Å². The molecule has 0 aliphatic carbocycles. The van der Waals surface area contributed by atoms with Gasteiger partial charge in [-0.2, -0.15) is 0 Å². The van der Waals surface area contributed by atoms with E-state index < -0.39 is 0 Å². The van der Waals surface area contributed by atoms with Crippen LogP contribution < -0.4 is 10.6 Å². The van der Waals surface area contributed by atoms with Crippen molar-refractivity contribution in [3.8, 4) is 0 Å². The van der Waals surface area contributed by atoms with Crippen molar-refractivity contribution < 1.29 is 4.39 Å². The van der Waals surface area contributed by atoms with Crippen LogP contribution in [0, 0.1) is 24.6 Å². The molecular weight excluding hydrogens is 239 g/mol. The van der Waals surface area contributed by atoms with Gasteiger partial charge in [-0.05, 0) is 55.4 Å². The van der Waals surface area contributed by atoms with Gasteiger partial charge in [-0.3, -0.25) is 0 Å². The third kappa shape index (κ3) is 2.92. The summed E-state index contributed by atoms with van der Waals surface area (Å²) in [5, 5.41) is 0. The number of benzene rings is 1. The summed E-state index contributed by atoms with van der Waals surface area (Å²) in [6.45, 7) is 10.4. The molecule has 1 aliphatic heterocycles. The van der Waals surface area contributed by atoms with Gasteiger partial charge in [0.05, 0.1) is 0 Å². The number of hydrogen-bond donors (Lipinski definition) is 1. The van der Waals surface area contributed by atoms with Crippen molar-refractivity contribution in [1.82, 2.24) is 0 Å². The minimum Gasteiger partial charge on any atom is -0.371 e. The van der Waals surface area contributed by atoms with Crippen LogP contribution >= 0.6 is 0 Å². The molecule has 3 atom stereocenters. The molecule has 1 fully saturated rings. The first kappa shape index (κ1) is 14.3. The Bertz CT molecular complexity index is 456. The molecule has 2 rings (SSSR count). The Labute approximate surface area is 115 Å². The first-order chi connectivity index (χ1) is 8.90. The molecule has 0 aromatic heterocycles. The van der Waals surface area contributed by atoms with Gasteiger partial charge >= 0.3 is 0 Å². The number of nitrogens with two attached hydrogens (primary N) is 1. The average Bonchev–Trinajstić information content (AvgIpc) is 2.35. The van der Waals surface area contributed by atoms with Gasteiger partial charge in [0.1, 0.15) is 5.82 Å². The zero-order valence-electron chi connectivity index (χ0n) is 12.4. The van der Waals surface area contributed by atoms with Crippen LogP contribution in [0.2, 0.25) is 0 Å². The molecule has 2 N–H and O–H groups in total. The molecule has 3 heteroatoms. The van der Waals surface area contributed by atoms with Crippen LogP contribution in [-0.2, 0) is 0 Å². The Morgan fingerprint density at radius 3 is 2.58 bits per heavy atom. The highest BCUT2D eigenvalue weighted by atomic mass is 19.1. The molecule has 19 heavy (non-hydrogen) atoms. The van der Waals surface area contributed by atoms with E-state index in [1.807, 2.05) is 19.9 Å². The Kier molecular flexibility index (Phi) is 4.14. The van der Waals surface area contributed by atoms with Crippen LogP contribution in [0.15, 0.2) is 12.1 Å². The van der Waals surface area contributed by atoms with Crippen molar-refractivity contribution in [2.45, 2.75) is 40.2 Å². The topological polar surface area (TPSA) is 29.3 Å². The molecule has 0 radical (unpaired) electrons. The predicted molar refractivity (Wildman–Crippen MR) is 78.9 cm³/mol. The molecule has 0 spiro atoms. The summed E-state index contributed by atoms with van der Waals surface area (Å²) in [5.41, 5.74) is 8.75. The number of piperidine rings is 1. The highest BCUT2D eigenvalue weighted by molar-refractivity contribution is 5.57. The molecule has 106 valence electrons. The lowest BCUT2D eigenvalue weighted by atomic mass is 9.88. The maximum Gasteiger partial charge on any atom is 0.126 e. The Morgan fingerprint density at radius 1 is 1.32 bits per heavy atom. The van der Waals surface area contributed by atoms with E-state index in [9.17, 15) is 4.39 Å². The summed E-state index contributed by atoms with van der Waals surface area (Å²) in [5.74, 6) is 1.27. The summed E-state index contributed by atoms with van der Waals surface area (Å²) in [6.07, 6.45) is 1.19. The second kappa shape index (κ2) is 5.49. The smallest absolute Gasteiger partial charge is 0.126 e. The molecule has 1 heterocycles.